The lowest BCUT2D eigenvalue weighted by molar-refractivity contribution is -0.117. The molecular formula is C9H18O2. The van der Waals surface area contributed by atoms with E-state index in [4.69, 9.17) is 0 Å². The molecule has 0 amide bonds. The molecule has 0 rings (SSSR count). The van der Waals surface area contributed by atoms with Crippen molar-refractivity contribution in [2.45, 2.75) is 52.1 Å². The summed E-state index contributed by atoms with van der Waals surface area (Å²) in [6.07, 6.45) is 3.26. The van der Waals surface area contributed by atoms with Crippen LogP contribution in [0.5, 0.6) is 0 Å². The second kappa shape index (κ2) is 4.50. The monoisotopic (exact) mass is 158 g/mol. The summed E-state index contributed by atoms with van der Waals surface area (Å²) in [4.78, 5) is 10.5. The van der Waals surface area contributed by atoms with Crippen LogP contribution in [0.2, 0.25) is 0 Å². The topological polar surface area (TPSA) is 37.3 Å². The van der Waals surface area contributed by atoms with E-state index in [1.165, 1.54) is 0 Å². The summed E-state index contributed by atoms with van der Waals surface area (Å²) in [5.41, 5.74) is -0.573. The van der Waals surface area contributed by atoms with E-state index in [-0.39, 0.29) is 5.78 Å². The maximum Gasteiger partial charge on any atom is 0.129 e. The van der Waals surface area contributed by atoms with Crippen LogP contribution in [0.3, 0.4) is 0 Å². The number of hydrogen-bond donors (Lipinski definition) is 1. The number of aliphatic hydroxyl groups is 1. The van der Waals surface area contributed by atoms with Crippen LogP contribution in [-0.4, -0.2) is 16.5 Å². The number of ketones is 1. The van der Waals surface area contributed by atoms with Gasteiger partial charge < -0.3 is 9.90 Å². The minimum absolute atomic E-state index is 0.237. The van der Waals surface area contributed by atoms with Crippen molar-refractivity contribution < 1.29 is 9.90 Å². The van der Waals surface area contributed by atoms with Gasteiger partial charge in [-0.05, 0) is 33.6 Å². The molecule has 0 spiro atoms. The second-order valence-corrected chi connectivity index (χ2v) is 3.72. The molecule has 1 N–H and O–H groups in total. The second-order valence-electron chi connectivity index (χ2n) is 3.72. The first-order chi connectivity index (χ1) is 4.92. The normalized spacial score (nSPS) is 11.6. The van der Waals surface area contributed by atoms with E-state index in [9.17, 15) is 9.90 Å². The van der Waals surface area contributed by atoms with Gasteiger partial charge in [0.1, 0.15) is 5.78 Å². The molecular weight excluding hydrogens is 140 g/mol. The quantitative estimate of drug-likeness (QED) is 0.620. The summed E-state index contributed by atoms with van der Waals surface area (Å²) in [5, 5.41) is 9.30. The Hall–Kier alpha value is -0.370. The summed E-state index contributed by atoms with van der Waals surface area (Å²) in [5.74, 6) is 0.237. The van der Waals surface area contributed by atoms with Crippen molar-refractivity contribution in [3.8, 4) is 0 Å². The van der Waals surface area contributed by atoms with Crippen molar-refractivity contribution in [3.05, 3.63) is 0 Å². The first kappa shape index (κ1) is 10.6. The number of rotatable bonds is 5. The van der Waals surface area contributed by atoms with E-state index in [1.807, 2.05) is 0 Å². The summed E-state index contributed by atoms with van der Waals surface area (Å²) < 4.78 is 0. The van der Waals surface area contributed by atoms with Gasteiger partial charge in [0.15, 0.2) is 0 Å². The Morgan fingerprint density at radius 2 is 1.91 bits per heavy atom. The van der Waals surface area contributed by atoms with Gasteiger partial charge >= 0.3 is 0 Å². The third kappa shape index (κ3) is 9.63. The highest BCUT2D eigenvalue weighted by atomic mass is 16.3. The van der Waals surface area contributed by atoms with Crippen molar-refractivity contribution in [1.82, 2.24) is 0 Å². The lowest BCUT2D eigenvalue weighted by Gasteiger charge is -2.15. The number of hydrogen-bond acceptors (Lipinski definition) is 2. The van der Waals surface area contributed by atoms with Gasteiger partial charge in [0.05, 0.1) is 5.60 Å². The molecule has 0 heterocycles. The average Bonchev–Trinajstić information content (AvgIpc) is 1.78. The molecule has 0 aromatic carbocycles. The van der Waals surface area contributed by atoms with Crippen molar-refractivity contribution in [2.24, 2.45) is 0 Å². The van der Waals surface area contributed by atoms with Crippen LogP contribution in [-0.2, 0) is 4.79 Å². The molecule has 0 aromatic heterocycles. The molecule has 0 atom stereocenters. The van der Waals surface area contributed by atoms with Gasteiger partial charge in [-0.1, -0.05) is 6.42 Å². The van der Waals surface area contributed by atoms with Crippen molar-refractivity contribution in [2.75, 3.05) is 0 Å². The Bertz CT molecular complexity index is 122. The Labute approximate surface area is 68.6 Å². The zero-order valence-electron chi connectivity index (χ0n) is 7.68. The van der Waals surface area contributed by atoms with E-state index >= 15 is 0 Å². The van der Waals surface area contributed by atoms with E-state index < -0.39 is 5.60 Å². The fraction of sp³-hybridized carbons (Fsp3) is 0.889. The lowest BCUT2D eigenvalue weighted by Crippen LogP contribution is -2.17. The number of carbonyl (C=O) groups excluding carboxylic acids is 1. The highest BCUT2D eigenvalue weighted by Gasteiger charge is 2.10. The molecule has 11 heavy (non-hydrogen) atoms. The average molecular weight is 158 g/mol. The summed E-state index contributed by atoms with van der Waals surface area (Å²) in [6.45, 7) is 5.19. The van der Waals surface area contributed by atoms with Gasteiger partial charge in [-0.25, -0.2) is 0 Å². The van der Waals surface area contributed by atoms with E-state index in [0.717, 1.165) is 19.3 Å². The molecule has 2 nitrogen and oxygen atoms in total. The Balaban J connectivity index is 3.22. The molecule has 0 radical (unpaired) electrons. The minimum atomic E-state index is -0.573. The first-order valence-corrected chi connectivity index (χ1v) is 4.13. The van der Waals surface area contributed by atoms with E-state index in [1.54, 1.807) is 20.8 Å². The zero-order valence-corrected chi connectivity index (χ0v) is 7.68. The molecule has 0 unspecified atom stereocenters. The van der Waals surface area contributed by atoms with Crippen molar-refractivity contribution in [1.29, 1.82) is 0 Å². The SMILES string of the molecule is CC(=O)CCCCC(C)(C)O. The molecule has 2 heteroatoms. The predicted molar refractivity (Wildman–Crippen MR) is 45.4 cm³/mol. The Kier molecular flexibility index (Phi) is 4.34. The van der Waals surface area contributed by atoms with Crippen LogP contribution in [0.4, 0.5) is 0 Å². The maximum atomic E-state index is 10.5. The Morgan fingerprint density at radius 3 is 2.27 bits per heavy atom. The lowest BCUT2D eigenvalue weighted by atomic mass is 10.0. The van der Waals surface area contributed by atoms with Crippen molar-refractivity contribution >= 4 is 5.78 Å². The molecule has 0 bridgehead atoms. The fourth-order valence-electron chi connectivity index (χ4n) is 0.932. The van der Waals surface area contributed by atoms with Gasteiger partial charge in [0, 0.05) is 6.42 Å². The molecule has 0 saturated heterocycles. The van der Waals surface area contributed by atoms with E-state index in [0.29, 0.717) is 6.42 Å². The third-order valence-electron chi connectivity index (χ3n) is 1.57. The van der Waals surface area contributed by atoms with E-state index in [2.05, 4.69) is 0 Å². The largest absolute Gasteiger partial charge is 0.390 e. The fourth-order valence-corrected chi connectivity index (χ4v) is 0.932. The summed E-state index contributed by atoms with van der Waals surface area (Å²) in [6, 6.07) is 0. The smallest absolute Gasteiger partial charge is 0.129 e. The number of Topliss-reactive ketones (excluding diaryl/α,β-unsaturated/α-hetero) is 1. The molecule has 0 aliphatic heterocycles. The predicted octanol–water partition coefficient (Wildman–Crippen LogP) is 1.91. The molecule has 0 saturated carbocycles. The van der Waals surface area contributed by atoms with Crippen LogP contribution >= 0.6 is 0 Å². The first-order valence-electron chi connectivity index (χ1n) is 4.13. The van der Waals surface area contributed by atoms with Gasteiger partial charge in [-0.2, -0.15) is 0 Å². The van der Waals surface area contributed by atoms with Crippen LogP contribution in [0.1, 0.15) is 46.5 Å². The van der Waals surface area contributed by atoms with Gasteiger partial charge in [0.2, 0.25) is 0 Å². The maximum absolute atomic E-state index is 10.5. The third-order valence-corrected chi connectivity index (χ3v) is 1.57. The minimum Gasteiger partial charge on any atom is -0.390 e. The van der Waals surface area contributed by atoms with Crippen molar-refractivity contribution in [3.63, 3.8) is 0 Å². The molecule has 0 aromatic rings. The molecule has 0 aliphatic rings. The molecule has 0 aliphatic carbocycles. The Morgan fingerprint density at radius 1 is 1.36 bits per heavy atom. The van der Waals surface area contributed by atoms with Crippen LogP contribution in [0.15, 0.2) is 0 Å². The van der Waals surface area contributed by atoms with Crippen LogP contribution < -0.4 is 0 Å². The van der Waals surface area contributed by atoms with Crippen LogP contribution in [0.25, 0.3) is 0 Å². The van der Waals surface area contributed by atoms with Crippen LogP contribution in [0, 0.1) is 0 Å². The van der Waals surface area contributed by atoms with Gasteiger partial charge in [-0.3, -0.25) is 0 Å². The highest BCUT2D eigenvalue weighted by Crippen LogP contribution is 2.12. The van der Waals surface area contributed by atoms with Gasteiger partial charge in [0.25, 0.3) is 0 Å². The summed E-state index contributed by atoms with van der Waals surface area (Å²) in [7, 11) is 0. The number of carbonyl (C=O) groups is 1. The molecule has 66 valence electrons. The highest BCUT2D eigenvalue weighted by molar-refractivity contribution is 5.75. The summed E-state index contributed by atoms with van der Waals surface area (Å²) >= 11 is 0. The zero-order chi connectivity index (χ0) is 8.91. The standard InChI is InChI=1S/C9H18O2/c1-8(10)6-4-5-7-9(2,3)11/h11H,4-7H2,1-3H3. The number of unbranched alkanes of at least 4 members (excludes halogenated alkanes) is 1. The van der Waals surface area contributed by atoms with Gasteiger partial charge in [-0.15, -0.1) is 0 Å². The molecule has 0 fully saturated rings.